The van der Waals surface area contributed by atoms with Gasteiger partial charge in [-0.3, -0.25) is 9.59 Å². The van der Waals surface area contributed by atoms with Crippen LogP contribution >= 0.6 is 0 Å². The standard InChI is InChI=1S/C25H31N5O2/c26-15-17-6-9-19(10-7-17)25(32)30-22(12-16-4-2-1-3-5-16)24-28-20-11-8-18(14-23(27)31)13-21(20)29-24/h1-5,8,11,13,17,19,22H,6-7,9-10,12,14-15,26H2,(H2,27,31)(H,28,29)(H,30,32)/t17-,19-,22-/m0/s1. The Kier molecular flexibility index (Phi) is 6.85. The summed E-state index contributed by atoms with van der Waals surface area (Å²) in [5.41, 5.74) is 14.7. The first-order valence-corrected chi connectivity index (χ1v) is 11.3. The monoisotopic (exact) mass is 433 g/mol. The minimum Gasteiger partial charge on any atom is -0.369 e. The van der Waals surface area contributed by atoms with Gasteiger partial charge in [0.15, 0.2) is 0 Å². The van der Waals surface area contributed by atoms with E-state index >= 15 is 0 Å². The van der Waals surface area contributed by atoms with E-state index in [1.807, 2.05) is 36.4 Å². The lowest BCUT2D eigenvalue weighted by Crippen LogP contribution is -2.37. The van der Waals surface area contributed by atoms with Crippen molar-refractivity contribution in [1.29, 1.82) is 0 Å². The second-order valence-corrected chi connectivity index (χ2v) is 8.82. The summed E-state index contributed by atoms with van der Waals surface area (Å²) in [6.45, 7) is 0.696. The van der Waals surface area contributed by atoms with E-state index in [0.29, 0.717) is 24.7 Å². The van der Waals surface area contributed by atoms with Gasteiger partial charge in [0.2, 0.25) is 11.8 Å². The molecule has 1 heterocycles. The number of primary amides is 1. The van der Waals surface area contributed by atoms with Gasteiger partial charge < -0.3 is 21.8 Å². The maximum Gasteiger partial charge on any atom is 0.223 e. The second kappa shape index (κ2) is 9.96. The Labute approximate surface area is 188 Å². The molecule has 1 atom stereocenters. The maximum atomic E-state index is 13.1. The number of carbonyl (C=O) groups is 2. The van der Waals surface area contributed by atoms with E-state index in [9.17, 15) is 9.59 Å². The number of aromatic amines is 1. The van der Waals surface area contributed by atoms with Crippen LogP contribution in [0.15, 0.2) is 48.5 Å². The quantitative estimate of drug-likeness (QED) is 0.435. The molecule has 32 heavy (non-hydrogen) atoms. The first-order valence-electron chi connectivity index (χ1n) is 11.3. The Morgan fingerprint density at radius 3 is 2.50 bits per heavy atom. The van der Waals surface area contributed by atoms with Crippen molar-refractivity contribution in [1.82, 2.24) is 15.3 Å². The van der Waals surface area contributed by atoms with Crippen LogP contribution in [0, 0.1) is 11.8 Å². The summed E-state index contributed by atoms with van der Waals surface area (Å²) < 4.78 is 0. The first-order chi connectivity index (χ1) is 15.5. The maximum absolute atomic E-state index is 13.1. The molecule has 0 aliphatic heterocycles. The summed E-state index contributed by atoms with van der Waals surface area (Å²) in [6.07, 6.45) is 4.58. The molecule has 3 aromatic rings. The summed E-state index contributed by atoms with van der Waals surface area (Å²) in [5, 5.41) is 3.25. The molecule has 168 valence electrons. The van der Waals surface area contributed by atoms with Gasteiger partial charge in [-0.05, 0) is 67.8 Å². The van der Waals surface area contributed by atoms with Crippen molar-refractivity contribution in [3.8, 4) is 0 Å². The van der Waals surface area contributed by atoms with Crippen LogP contribution in [0.4, 0.5) is 0 Å². The van der Waals surface area contributed by atoms with Gasteiger partial charge in [0, 0.05) is 5.92 Å². The van der Waals surface area contributed by atoms with Gasteiger partial charge in [-0.15, -0.1) is 0 Å². The fourth-order valence-corrected chi connectivity index (χ4v) is 4.56. The van der Waals surface area contributed by atoms with Crippen LogP contribution < -0.4 is 16.8 Å². The zero-order chi connectivity index (χ0) is 22.5. The van der Waals surface area contributed by atoms with Crippen LogP contribution in [0.25, 0.3) is 11.0 Å². The fraction of sp³-hybridized carbons (Fsp3) is 0.400. The minimum absolute atomic E-state index is 0.0163. The molecule has 1 fully saturated rings. The van der Waals surface area contributed by atoms with Gasteiger partial charge in [0.1, 0.15) is 5.82 Å². The SMILES string of the molecule is NC[C@H]1CC[C@H](C(=O)N[C@@H](Cc2ccccc2)c2nc3cc(CC(N)=O)ccc3[nH]2)CC1. The molecular formula is C25H31N5O2. The van der Waals surface area contributed by atoms with Crippen molar-refractivity contribution >= 4 is 22.8 Å². The van der Waals surface area contributed by atoms with Crippen LogP contribution in [0.3, 0.4) is 0 Å². The minimum atomic E-state index is -0.376. The number of carbonyl (C=O) groups excluding carboxylic acids is 2. The van der Waals surface area contributed by atoms with Crippen molar-refractivity contribution in [2.24, 2.45) is 23.3 Å². The first kappa shape index (κ1) is 22.0. The van der Waals surface area contributed by atoms with Crippen LogP contribution in [-0.4, -0.2) is 28.3 Å². The lowest BCUT2D eigenvalue weighted by Gasteiger charge is -2.28. The highest BCUT2D eigenvalue weighted by Gasteiger charge is 2.28. The molecule has 7 heteroatoms. The number of fused-ring (bicyclic) bond motifs is 1. The predicted molar refractivity (Wildman–Crippen MR) is 125 cm³/mol. The highest BCUT2D eigenvalue weighted by atomic mass is 16.2. The number of nitrogens with two attached hydrogens (primary N) is 2. The number of aromatic nitrogens is 2. The molecule has 1 saturated carbocycles. The molecule has 0 saturated heterocycles. The molecule has 0 unspecified atom stereocenters. The van der Waals surface area contributed by atoms with E-state index in [0.717, 1.165) is 47.8 Å². The zero-order valence-corrected chi connectivity index (χ0v) is 18.2. The van der Waals surface area contributed by atoms with Gasteiger partial charge in [-0.25, -0.2) is 4.98 Å². The van der Waals surface area contributed by atoms with E-state index in [1.165, 1.54) is 0 Å². The third-order valence-corrected chi connectivity index (χ3v) is 6.42. The Morgan fingerprint density at radius 1 is 1.06 bits per heavy atom. The third-order valence-electron chi connectivity index (χ3n) is 6.42. The molecule has 1 aliphatic carbocycles. The number of nitrogens with zero attached hydrogens (tertiary/aromatic N) is 1. The van der Waals surface area contributed by atoms with Crippen LogP contribution in [0.1, 0.15) is 48.7 Å². The van der Waals surface area contributed by atoms with E-state index in [1.54, 1.807) is 0 Å². The molecule has 6 N–H and O–H groups in total. The molecular weight excluding hydrogens is 402 g/mol. The molecule has 0 bridgehead atoms. The third kappa shape index (κ3) is 5.34. The zero-order valence-electron chi connectivity index (χ0n) is 18.2. The average molecular weight is 434 g/mol. The number of hydrogen-bond donors (Lipinski definition) is 4. The van der Waals surface area contributed by atoms with Crippen LogP contribution in [0.2, 0.25) is 0 Å². The number of benzene rings is 2. The van der Waals surface area contributed by atoms with Crippen molar-refractivity contribution in [3.63, 3.8) is 0 Å². The Balaban J connectivity index is 1.56. The average Bonchev–Trinajstić information content (AvgIpc) is 3.22. The molecule has 2 aromatic carbocycles. The van der Waals surface area contributed by atoms with Gasteiger partial charge in [0.25, 0.3) is 0 Å². The van der Waals surface area contributed by atoms with E-state index in [2.05, 4.69) is 22.4 Å². The summed E-state index contributed by atoms with van der Waals surface area (Å²) in [4.78, 5) is 32.5. The predicted octanol–water partition coefficient (Wildman–Crippen LogP) is 2.76. The summed E-state index contributed by atoms with van der Waals surface area (Å²) in [7, 11) is 0. The highest BCUT2D eigenvalue weighted by molar-refractivity contribution is 5.81. The van der Waals surface area contributed by atoms with E-state index in [4.69, 9.17) is 16.5 Å². The Bertz CT molecular complexity index is 1070. The molecule has 1 aliphatic rings. The number of imidazole rings is 1. The Hall–Kier alpha value is -3.19. The summed E-state index contributed by atoms with van der Waals surface area (Å²) >= 11 is 0. The van der Waals surface area contributed by atoms with Gasteiger partial charge in [-0.1, -0.05) is 36.4 Å². The molecule has 7 nitrogen and oxygen atoms in total. The molecule has 0 radical (unpaired) electrons. The second-order valence-electron chi connectivity index (χ2n) is 8.82. The topological polar surface area (TPSA) is 127 Å². The van der Waals surface area contributed by atoms with Crippen molar-refractivity contribution in [2.75, 3.05) is 6.54 Å². The fourth-order valence-electron chi connectivity index (χ4n) is 4.56. The number of amides is 2. The largest absolute Gasteiger partial charge is 0.369 e. The number of rotatable bonds is 8. The van der Waals surface area contributed by atoms with E-state index < -0.39 is 0 Å². The van der Waals surface area contributed by atoms with E-state index in [-0.39, 0.29) is 30.2 Å². The summed E-state index contributed by atoms with van der Waals surface area (Å²) in [5.74, 6) is 0.964. The van der Waals surface area contributed by atoms with Crippen LogP contribution in [0.5, 0.6) is 0 Å². The van der Waals surface area contributed by atoms with Crippen molar-refractivity contribution in [2.45, 2.75) is 44.6 Å². The lowest BCUT2D eigenvalue weighted by molar-refractivity contribution is -0.127. The highest BCUT2D eigenvalue weighted by Crippen LogP contribution is 2.29. The van der Waals surface area contributed by atoms with Gasteiger partial charge in [0.05, 0.1) is 23.5 Å². The molecule has 2 amide bonds. The van der Waals surface area contributed by atoms with Gasteiger partial charge in [-0.2, -0.15) is 0 Å². The molecule has 1 aromatic heterocycles. The van der Waals surface area contributed by atoms with Crippen LogP contribution in [-0.2, 0) is 22.4 Å². The molecule has 0 spiro atoms. The molecule has 4 rings (SSSR count). The lowest BCUT2D eigenvalue weighted by atomic mass is 9.81. The number of nitrogens with one attached hydrogen (secondary N) is 2. The number of H-pyrrole nitrogens is 1. The summed E-state index contributed by atoms with van der Waals surface area (Å²) in [6, 6.07) is 15.5. The van der Waals surface area contributed by atoms with Crippen molar-refractivity contribution < 1.29 is 9.59 Å². The Morgan fingerprint density at radius 2 is 1.81 bits per heavy atom. The number of hydrogen-bond acceptors (Lipinski definition) is 4. The van der Waals surface area contributed by atoms with Gasteiger partial charge >= 0.3 is 0 Å². The normalized spacial score (nSPS) is 19.5. The van der Waals surface area contributed by atoms with Crippen molar-refractivity contribution in [3.05, 3.63) is 65.5 Å². The smallest absolute Gasteiger partial charge is 0.223 e.